The van der Waals surface area contributed by atoms with E-state index in [9.17, 15) is 14.4 Å². The quantitative estimate of drug-likeness (QED) is 0.736. The number of hydrogen-bond acceptors (Lipinski definition) is 4. The molecule has 2 N–H and O–H groups in total. The Hall–Kier alpha value is -2.41. The van der Waals surface area contributed by atoms with Gasteiger partial charge in [-0.15, -0.1) is 0 Å². The van der Waals surface area contributed by atoms with Crippen molar-refractivity contribution in [3.8, 4) is 0 Å². The number of nitrogens with one attached hydrogen (secondary N) is 2. The number of carbonyl (C=O) groups is 3. The van der Waals surface area contributed by atoms with Crippen LogP contribution in [0.4, 0.5) is 0 Å². The summed E-state index contributed by atoms with van der Waals surface area (Å²) in [5.74, 6) is -0.491. The first-order valence-electron chi connectivity index (χ1n) is 8.53. The fourth-order valence-corrected chi connectivity index (χ4v) is 2.96. The molecule has 7 heteroatoms. The Morgan fingerprint density at radius 2 is 1.88 bits per heavy atom. The van der Waals surface area contributed by atoms with E-state index in [1.165, 1.54) is 12.5 Å². The summed E-state index contributed by atoms with van der Waals surface area (Å²) >= 11 is 0. The predicted octanol–water partition coefficient (Wildman–Crippen LogP) is -0.376. The summed E-state index contributed by atoms with van der Waals surface area (Å²) in [7, 11) is 1.61. The molecule has 0 spiro atoms. The molecule has 0 aromatic heterocycles. The summed E-state index contributed by atoms with van der Waals surface area (Å²) < 4.78 is 0. The maximum atomic E-state index is 12.3. The minimum Gasteiger partial charge on any atom is -0.358 e. The lowest BCUT2D eigenvalue weighted by molar-refractivity contribution is -0.138. The fraction of sp³-hybridized carbons (Fsp3) is 0.500. The summed E-state index contributed by atoms with van der Waals surface area (Å²) in [6, 6.07) is 9.76. The number of likely N-dealkylation sites (N-methyl/N-ethyl adjacent to an activating group) is 1. The van der Waals surface area contributed by atoms with E-state index in [-0.39, 0.29) is 30.3 Å². The van der Waals surface area contributed by atoms with Gasteiger partial charge < -0.3 is 15.5 Å². The molecule has 1 heterocycles. The van der Waals surface area contributed by atoms with Crippen LogP contribution >= 0.6 is 0 Å². The van der Waals surface area contributed by atoms with E-state index in [4.69, 9.17) is 0 Å². The SMILES string of the molecule is CNC(=O)[C@@H]1CN(C(=O)CNC(C)=O)CCN1CCc1ccccc1. The minimum absolute atomic E-state index is 0.0280. The monoisotopic (exact) mass is 346 g/mol. The van der Waals surface area contributed by atoms with Crippen molar-refractivity contribution < 1.29 is 14.4 Å². The van der Waals surface area contributed by atoms with Crippen LogP contribution < -0.4 is 10.6 Å². The van der Waals surface area contributed by atoms with Gasteiger partial charge in [0, 0.05) is 40.2 Å². The molecule has 2 rings (SSSR count). The molecule has 25 heavy (non-hydrogen) atoms. The molecule has 1 fully saturated rings. The van der Waals surface area contributed by atoms with Gasteiger partial charge in [0.1, 0.15) is 6.04 Å². The molecule has 1 aromatic rings. The summed E-state index contributed by atoms with van der Waals surface area (Å²) in [6.07, 6.45) is 0.855. The Balaban J connectivity index is 1.96. The second kappa shape index (κ2) is 9.17. The zero-order valence-electron chi connectivity index (χ0n) is 14.8. The van der Waals surface area contributed by atoms with Crippen LogP contribution in [0.5, 0.6) is 0 Å². The second-order valence-corrected chi connectivity index (χ2v) is 6.15. The molecule has 0 radical (unpaired) electrons. The first-order chi connectivity index (χ1) is 12.0. The van der Waals surface area contributed by atoms with Gasteiger partial charge in [-0.1, -0.05) is 30.3 Å². The largest absolute Gasteiger partial charge is 0.358 e. The molecule has 1 aliphatic heterocycles. The molecular formula is C18H26N4O3. The Bertz CT molecular complexity index is 606. The molecular weight excluding hydrogens is 320 g/mol. The lowest BCUT2D eigenvalue weighted by atomic mass is 10.1. The molecule has 1 aromatic carbocycles. The molecule has 7 nitrogen and oxygen atoms in total. The molecule has 0 bridgehead atoms. The molecule has 1 atom stereocenters. The third-order valence-corrected chi connectivity index (χ3v) is 4.41. The van der Waals surface area contributed by atoms with Gasteiger partial charge in [0.15, 0.2) is 0 Å². The van der Waals surface area contributed by atoms with Gasteiger partial charge in [-0.25, -0.2) is 0 Å². The highest BCUT2D eigenvalue weighted by Gasteiger charge is 2.33. The van der Waals surface area contributed by atoms with Crippen LogP contribution in [0.2, 0.25) is 0 Å². The average Bonchev–Trinajstić information content (AvgIpc) is 2.64. The molecule has 136 valence electrons. The van der Waals surface area contributed by atoms with E-state index in [0.29, 0.717) is 19.6 Å². The van der Waals surface area contributed by atoms with Crippen molar-refractivity contribution in [2.24, 2.45) is 0 Å². The number of amides is 3. The van der Waals surface area contributed by atoms with Crippen molar-refractivity contribution in [1.29, 1.82) is 0 Å². The maximum Gasteiger partial charge on any atom is 0.242 e. The maximum absolute atomic E-state index is 12.3. The van der Waals surface area contributed by atoms with Crippen molar-refractivity contribution >= 4 is 17.7 Å². The van der Waals surface area contributed by atoms with Gasteiger partial charge in [0.05, 0.1) is 6.54 Å². The summed E-state index contributed by atoms with van der Waals surface area (Å²) in [6.45, 7) is 3.64. The first-order valence-corrected chi connectivity index (χ1v) is 8.53. The first kappa shape index (κ1) is 18.9. The molecule has 0 unspecified atom stereocenters. The zero-order valence-corrected chi connectivity index (χ0v) is 14.8. The standard InChI is InChI=1S/C18H26N4O3/c1-14(23)20-12-17(24)22-11-10-21(16(13-22)18(25)19-2)9-8-15-6-4-3-5-7-15/h3-7,16H,8-13H2,1-2H3,(H,19,25)(H,20,23)/t16-/m0/s1. The lowest BCUT2D eigenvalue weighted by Gasteiger charge is -2.40. The summed E-state index contributed by atoms with van der Waals surface area (Å²) in [5, 5.41) is 5.20. The summed E-state index contributed by atoms with van der Waals surface area (Å²) in [5.41, 5.74) is 1.22. The topological polar surface area (TPSA) is 81.8 Å². The van der Waals surface area contributed by atoms with Crippen molar-refractivity contribution in [1.82, 2.24) is 20.4 Å². The minimum atomic E-state index is -0.372. The number of carbonyl (C=O) groups excluding carboxylic acids is 3. The van der Waals surface area contributed by atoms with Crippen LogP contribution in [0, 0.1) is 0 Å². The van der Waals surface area contributed by atoms with Crippen LogP contribution in [0.15, 0.2) is 30.3 Å². The van der Waals surface area contributed by atoms with Crippen LogP contribution in [0.1, 0.15) is 12.5 Å². The van der Waals surface area contributed by atoms with E-state index in [2.05, 4.69) is 27.7 Å². The van der Waals surface area contributed by atoms with E-state index in [0.717, 1.165) is 13.0 Å². The Labute approximate surface area is 148 Å². The van der Waals surface area contributed by atoms with Crippen LogP contribution in [-0.4, -0.2) is 73.3 Å². The van der Waals surface area contributed by atoms with Gasteiger partial charge >= 0.3 is 0 Å². The Kier molecular flexibility index (Phi) is 6.94. The van der Waals surface area contributed by atoms with Gasteiger partial charge in [-0.2, -0.15) is 0 Å². The molecule has 3 amide bonds. The second-order valence-electron chi connectivity index (χ2n) is 6.15. The van der Waals surface area contributed by atoms with E-state index in [1.807, 2.05) is 18.2 Å². The third kappa shape index (κ3) is 5.56. The van der Waals surface area contributed by atoms with Crippen LogP contribution in [-0.2, 0) is 20.8 Å². The van der Waals surface area contributed by atoms with E-state index >= 15 is 0 Å². The highest BCUT2D eigenvalue weighted by atomic mass is 16.2. The Morgan fingerprint density at radius 1 is 1.16 bits per heavy atom. The third-order valence-electron chi connectivity index (χ3n) is 4.41. The number of hydrogen-bond donors (Lipinski definition) is 2. The predicted molar refractivity (Wildman–Crippen MR) is 94.8 cm³/mol. The van der Waals surface area contributed by atoms with Crippen LogP contribution in [0.3, 0.4) is 0 Å². The normalized spacial score (nSPS) is 17.8. The molecule has 1 aliphatic rings. The highest BCUT2D eigenvalue weighted by molar-refractivity contribution is 5.86. The van der Waals surface area contributed by atoms with E-state index in [1.54, 1.807) is 11.9 Å². The van der Waals surface area contributed by atoms with Crippen molar-refractivity contribution in [3.63, 3.8) is 0 Å². The molecule has 0 saturated carbocycles. The molecule has 1 saturated heterocycles. The Morgan fingerprint density at radius 3 is 2.52 bits per heavy atom. The van der Waals surface area contributed by atoms with Gasteiger partial charge in [0.2, 0.25) is 17.7 Å². The molecule has 0 aliphatic carbocycles. The van der Waals surface area contributed by atoms with E-state index < -0.39 is 0 Å². The highest BCUT2D eigenvalue weighted by Crippen LogP contribution is 2.12. The lowest BCUT2D eigenvalue weighted by Crippen LogP contribution is -2.60. The smallest absolute Gasteiger partial charge is 0.242 e. The van der Waals surface area contributed by atoms with Crippen LogP contribution in [0.25, 0.3) is 0 Å². The van der Waals surface area contributed by atoms with Crippen molar-refractivity contribution in [2.75, 3.05) is 39.8 Å². The van der Waals surface area contributed by atoms with Crippen molar-refractivity contribution in [2.45, 2.75) is 19.4 Å². The number of rotatable bonds is 6. The zero-order chi connectivity index (χ0) is 18.2. The number of piperazine rings is 1. The van der Waals surface area contributed by atoms with Crippen molar-refractivity contribution in [3.05, 3.63) is 35.9 Å². The van der Waals surface area contributed by atoms with Gasteiger partial charge in [0.25, 0.3) is 0 Å². The fourth-order valence-electron chi connectivity index (χ4n) is 2.96. The number of benzene rings is 1. The van der Waals surface area contributed by atoms with Gasteiger partial charge in [-0.3, -0.25) is 19.3 Å². The van der Waals surface area contributed by atoms with Gasteiger partial charge in [-0.05, 0) is 12.0 Å². The summed E-state index contributed by atoms with van der Waals surface area (Å²) in [4.78, 5) is 39.2. The average molecular weight is 346 g/mol. The number of nitrogens with zero attached hydrogens (tertiary/aromatic N) is 2.